The van der Waals surface area contributed by atoms with Crippen LogP contribution in [0, 0.1) is 0 Å². The molecule has 0 aliphatic rings. The lowest BCUT2D eigenvalue weighted by Crippen LogP contribution is -2.15. The van der Waals surface area contributed by atoms with E-state index in [1.54, 1.807) is 0 Å². The Hall–Kier alpha value is -2.69. The lowest BCUT2D eigenvalue weighted by molar-refractivity contribution is 0.0690. The fourth-order valence-corrected chi connectivity index (χ4v) is 2.00. The predicted molar refractivity (Wildman–Crippen MR) is 79.7 cm³/mol. The Labute approximate surface area is 122 Å². The smallest absolute Gasteiger partial charge is 0.354 e. The van der Waals surface area contributed by atoms with E-state index in [9.17, 15) is 9.59 Å². The van der Waals surface area contributed by atoms with Crippen molar-refractivity contribution in [1.82, 2.24) is 4.98 Å². The summed E-state index contributed by atoms with van der Waals surface area (Å²) in [5.41, 5.74) is 1.87. The van der Waals surface area contributed by atoms with Crippen molar-refractivity contribution in [2.45, 2.75) is 19.8 Å². The lowest BCUT2D eigenvalue weighted by atomic mass is 10.0. The van der Waals surface area contributed by atoms with Gasteiger partial charge in [0.2, 0.25) is 0 Å². The normalized spacial score (nSPS) is 10.4. The van der Waals surface area contributed by atoms with Crippen molar-refractivity contribution in [3.63, 3.8) is 0 Å². The average Bonchev–Trinajstić information content (AvgIpc) is 2.47. The lowest BCUT2D eigenvalue weighted by Gasteiger charge is -2.13. The Morgan fingerprint density at radius 1 is 1.19 bits per heavy atom. The number of amides is 1. The van der Waals surface area contributed by atoms with E-state index in [1.165, 1.54) is 18.3 Å². The summed E-state index contributed by atoms with van der Waals surface area (Å²) in [5.74, 6) is -1.24. The number of nitrogens with zero attached hydrogens (tertiary/aromatic N) is 1. The molecule has 0 unspecified atom stereocenters. The van der Waals surface area contributed by atoms with E-state index in [1.807, 2.05) is 38.1 Å². The van der Waals surface area contributed by atoms with Gasteiger partial charge >= 0.3 is 5.97 Å². The quantitative estimate of drug-likeness (QED) is 0.903. The van der Waals surface area contributed by atoms with Crippen LogP contribution in [0.15, 0.2) is 42.6 Å². The number of benzene rings is 1. The van der Waals surface area contributed by atoms with Crippen molar-refractivity contribution in [2.75, 3.05) is 5.32 Å². The van der Waals surface area contributed by atoms with Crippen molar-refractivity contribution >= 4 is 17.6 Å². The Morgan fingerprint density at radius 2 is 1.90 bits per heavy atom. The van der Waals surface area contributed by atoms with Crippen LogP contribution in [0.25, 0.3) is 0 Å². The summed E-state index contributed by atoms with van der Waals surface area (Å²) in [5, 5.41) is 11.7. The summed E-state index contributed by atoms with van der Waals surface area (Å²) in [6.45, 7) is 4.08. The first-order chi connectivity index (χ1) is 9.99. The minimum atomic E-state index is -1.16. The molecule has 1 aromatic heterocycles. The topological polar surface area (TPSA) is 79.3 Å². The van der Waals surface area contributed by atoms with Gasteiger partial charge in [0.05, 0.1) is 0 Å². The van der Waals surface area contributed by atoms with E-state index < -0.39 is 5.97 Å². The van der Waals surface area contributed by atoms with Crippen molar-refractivity contribution in [1.29, 1.82) is 0 Å². The maximum Gasteiger partial charge on any atom is 0.354 e. The summed E-state index contributed by atoms with van der Waals surface area (Å²) in [6.07, 6.45) is 1.31. The number of para-hydroxylation sites is 1. The number of rotatable bonds is 4. The molecule has 0 fully saturated rings. The molecule has 5 nitrogen and oxygen atoms in total. The zero-order valence-corrected chi connectivity index (χ0v) is 11.8. The molecule has 2 rings (SSSR count). The molecule has 108 valence electrons. The highest BCUT2D eigenvalue weighted by Crippen LogP contribution is 2.24. The monoisotopic (exact) mass is 284 g/mol. The summed E-state index contributed by atoms with van der Waals surface area (Å²) >= 11 is 0. The van der Waals surface area contributed by atoms with E-state index in [-0.39, 0.29) is 23.1 Å². The van der Waals surface area contributed by atoms with Crippen LogP contribution in [0.5, 0.6) is 0 Å². The zero-order chi connectivity index (χ0) is 15.4. The first-order valence-corrected chi connectivity index (χ1v) is 6.58. The average molecular weight is 284 g/mol. The number of carboxylic acids is 1. The van der Waals surface area contributed by atoms with Gasteiger partial charge in [-0.15, -0.1) is 0 Å². The van der Waals surface area contributed by atoms with Crippen molar-refractivity contribution in [3.05, 3.63) is 59.4 Å². The maximum atomic E-state index is 12.2. The molecule has 0 radical (unpaired) electrons. The fourth-order valence-electron chi connectivity index (χ4n) is 2.00. The molecule has 0 spiro atoms. The number of nitrogens with one attached hydrogen (secondary N) is 1. The van der Waals surface area contributed by atoms with Gasteiger partial charge in [-0.2, -0.15) is 0 Å². The second kappa shape index (κ2) is 6.17. The molecule has 0 aliphatic carbocycles. The van der Waals surface area contributed by atoms with Gasteiger partial charge in [-0.25, -0.2) is 9.78 Å². The fraction of sp³-hybridized carbons (Fsp3) is 0.188. The van der Waals surface area contributed by atoms with Gasteiger partial charge in [0, 0.05) is 17.4 Å². The molecular formula is C16H16N2O3. The Morgan fingerprint density at radius 3 is 2.57 bits per heavy atom. The van der Waals surface area contributed by atoms with E-state index in [2.05, 4.69) is 10.3 Å². The minimum Gasteiger partial charge on any atom is -0.477 e. The molecule has 0 aliphatic heterocycles. The van der Waals surface area contributed by atoms with Crippen LogP contribution in [0.1, 0.15) is 46.2 Å². The molecule has 1 aromatic carbocycles. The van der Waals surface area contributed by atoms with Crippen LogP contribution < -0.4 is 5.32 Å². The number of pyridine rings is 1. The molecular weight excluding hydrogens is 268 g/mol. The van der Waals surface area contributed by atoms with Gasteiger partial charge in [0.25, 0.3) is 5.91 Å². The summed E-state index contributed by atoms with van der Waals surface area (Å²) < 4.78 is 0. The Bertz CT molecular complexity index is 681. The molecule has 1 amide bonds. The third-order valence-corrected chi connectivity index (χ3v) is 3.07. The Kier molecular flexibility index (Phi) is 4.33. The van der Waals surface area contributed by atoms with Gasteiger partial charge in [-0.05, 0) is 29.7 Å². The van der Waals surface area contributed by atoms with Crippen molar-refractivity contribution in [2.24, 2.45) is 0 Å². The SMILES string of the molecule is CC(C)c1ccccc1NC(=O)c1ccnc(C(=O)O)c1. The third kappa shape index (κ3) is 3.45. The number of carbonyl (C=O) groups is 2. The molecule has 21 heavy (non-hydrogen) atoms. The highest BCUT2D eigenvalue weighted by atomic mass is 16.4. The third-order valence-electron chi connectivity index (χ3n) is 3.07. The van der Waals surface area contributed by atoms with Gasteiger partial charge < -0.3 is 10.4 Å². The number of aromatic carboxylic acids is 1. The molecule has 2 N–H and O–H groups in total. The maximum absolute atomic E-state index is 12.2. The van der Waals surface area contributed by atoms with Crippen LogP contribution in [0.2, 0.25) is 0 Å². The summed E-state index contributed by atoms with van der Waals surface area (Å²) in [7, 11) is 0. The highest BCUT2D eigenvalue weighted by Gasteiger charge is 2.13. The van der Waals surface area contributed by atoms with Gasteiger partial charge in [0.1, 0.15) is 5.69 Å². The molecule has 2 aromatic rings. The standard InChI is InChI=1S/C16H16N2O3/c1-10(2)12-5-3-4-6-13(12)18-15(19)11-7-8-17-14(9-11)16(20)21/h3-10H,1-2H3,(H,18,19)(H,20,21). The zero-order valence-electron chi connectivity index (χ0n) is 11.8. The van der Waals surface area contributed by atoms with Crippen LogP contribution in [-0.2, 0) is 0 Å². The van der Waals surface area contributed by atoms with Crippen LogP contribution in [0.4, 0.5) is 5.69 Å². The molecule has 1 heterocycles. The van der Waals surface area contributed by atoms with E-state index in [0.717, 1.165) is 11.3 Å². The minimum absolute atomic E-state index is 0.153. The molecule has 5 heteroatoms. The number of anilines is 1. The molecule has 0 saturated carbocycles. The first-order valence-electron chi connectivity index (χ1n) is 6.58. The van der Waals surface area contributed by atoms with Gasteiger partial charge in [0.15, 0.2) is 0 Å². The number of hydrogen-bond acceptors (Lipinski definition) is 3. The largest absolute Gasteiger partial charge is 0.477 e. The number of carbonyl (C=O) groups excluding carboxylic acids is 1. The second-order valence-electron chi connectivity index (χ2n) is 4.93. The van der Waals surface area contributed by atoms with Gasteiger partial charge in [-0.1, -0.05) is 32.0 Å². The molecule has 0 atom stereocenters. The predicted octanol–water partition coefficient (Wildman–Crippen LogP) is 3.16. The van der Waals surface area contributed by atoms with Crippen molar-refractivity contribution < 1.29 is 14.7 Å². The second-order valence-corrected chi connectivity index (χ2v) is 4.93. The van der Waals surface area contributed by atoms with Crippen LogP contribution >= 0.6 is 0 Å². The first kappa shape index (κ1) is 14.7. The summed E-state index contributed by atoms with van der Waals surface area (Å²) in [6, 6.07) is 10.3. The molecule has 0 bridgehead atoms. The number of carboxylic acid groups (broad SMARTS) is 1. The summed E-state index contributed by atoms with van der Waals surface area (Å²) in [4.78, 5) is 26.8. The van der Waals surface area contributed by atoms with Crippen LogP contribution in [-0.4, -0.2) is 22.0 Å². The highest BCUT2D eigenvalue weighted by molar-refractivity contribution is 6.05. The molecule has 0 saturated heterocycles. The van der Waals surface area contributed by atoms with Crippen molar-refractivity contribution in [3.8, 4) is 0 Å². The van der Waals surface area contributed by atoms with Crippen LogP contribution in [0.3, 0.4) is 0 Å². The number of hydrogen-bond donors (Lipinski definition) is 2. The Balaban J connectivity index is 2.26. The van der Waals surface area contributed by atoms with E-state index >= 15 is 0 Å². The van der Waals surface area contributed by atoms with E-state index in [4.69, 9.17) is 5.11 Å². The number of aromatic nitrogens is 1. The van der Waals surface area contributed by atoms with Gasteiger partial charge in [-0.3, -0.25) is 4.79 Å². The van der Waals surface area contributed by atoms with E-state index in [0.29, 0.717) is 0 Å².